The largest absolute Gasteiger partial charge is 0.394 e. The summed E-state index contributed by atoms with van der Waals surface area (Å²) in [4.78, 5) is 14.7. The molecule has 11 heteroatoms. The number of aliphatic hydroxyl groups excluding tert-OH is 2. The van der Waals surface area contributed by atoms with Gasteiger partial charge in [0.1, 0.15) is 0 Å². The summed E-state index contributed by atoms with van der Waals surface area (Å²) in [5, 5.41) is 22.3. The quantitative estimate of drug-likeness (QED) is 0.341. The monoisotopic (exact) mass is 577 g/mol. The van der Waals surface area contributed by atoms with E-state index in [1.165, 1.54) is 10.4 Å². The highest BCUT2D eigenvalue weighted by molar-refractivity contribution is 7.92. The van der Waals surface area contributed by atoms with E-state index in [0.717, 1.165) is 17.4 Å². The average Bonchev–Trinajstić information content (AvgIpc) is 2.87. The number of hydrogen-bond donors (Lipinski definition) is 3. The van der Waals surface area contributed by atoms with Crippen LogP contribution in [0.3, 0.4) is 0 Å². The number of anilines is 1. The average molecular weight is 579 g/mol. The summed E-state index contributed by atoms with van der Waals surface area (Å²) in [7, 11) is -3.67. The molecule has 38 heavy (non-hydrogen) atoms. The van der Waals surface area contributed by atoms with Crippen molar-refractivity contribution < 1.29 is 23.4 Å². The predicted molar refractivity (Wildman–Crippen MR) is 149 cm³/mol. The van der Waals surface area contributed by atoms with E-state index < -0.39 is 28.6 Å². The lowest BCUT2D eigenvalue weighted by molar-refractivity contribution is 0.0802. The van der Waals surface area contributed by atoms with Gasteiger partial charge < -0.3 is 15.5 Å². The molecule has 8 nitrogen and oxygen atoms in total. The highest BCUT2D eigenvalue weighted by Crippen LogP contribution is 2.36. The van der Waals surface area contributed by atoms with Gasteiger partial charge in [0.05, 0.1) is 36.7 Å². The van der Waals surface area contributed by atoms with Crippen molar-refractivity contribution >= 4 is 44.8 Å². The Morgan fingerprint density at radius 1 is 1.03 bits per heavy atom. The normalized spacial score (nSPS) is 15.2. The molecule has 1 atom stereocenters. The van der Waals surface area contributed by atoms with Gasteiger partial charge in [-0.2, -0.15) is 0 Å². The second-order valence-corrected chi connectivity index (χ2v) is 12.0. The summed E-state index contributed by atoms with van der Waals surface area (Å²) in [5.41, 5.74) is 2.66. The fourth-order valence-electron chi connectivity index (χ4n) is 4.59. The number of rotatable bonds is 10. The maximum atomic E-state index is 12.9. The van der Waals surface area contributed by atoms with E-state index in [1.54, 1.807) is 18.2 Å². The summed E-state index contributed by atoms with van der Waals surface area (Å²) >= 11 is 12.2. The molecule has 0 radical (unpaired) electrons. The fraction of sp³-hybridized carbons (Fsp3) is 0.296. The summed E-state index contributed by atoms with van der Waals surface area (Å²) in [6.07, 6.45) is 0.0698. The molecule has 202 valence electrons. The van der Waals surface area contributed by atoms with Crippen molar-refractivity contribution in [1.82, 2.24) is 10.2 Å². The van der Waals surface area contributed by atoms with Gasteiger partial charge in [0.15, 0.2) is 0 Å². The molecule has 3 N–H and O–H groups in total. The number of aliphatic hydroxyl groups is 2. The molecule has 0 aromatic heterocycles. The van der Waals surface area contributed by atoms with Crippen molar-refractivity contribution in [3.63, 3.8) is 0 Å². The van der Waals surface area contributed by atoms with Gasteiger partial charge in [0.25, 0.3) is 5.91 Å². The second-order valence-electron chi connectivity index (χ2n) is 9.27. The molecule has 1 aliphatic rings. The minimum Gasteiger partial charge on any atom is -0.394 e. The number of hydrogen-bond acceptors (Lipinski definition) is 6. The van der Waals surface area contributed by atoms with Gasteiger partial charge in [-0.15, -0.1) is 0 Å². The van der Waals surface area contributed by atoms with Gasteiger partial charge in [-0.05, 0) is 53.6 Å². The number of carbonyl (C=O) groups excluding carboxylic acids is 1. The van der Waals surface area contributed by atoms with Crippen LogP contribution in [0.4, 0.5) is 5.69 Å². The highest BCUT2D eigenvalue weighted by Gasteiger charge is 2.40. The molecule has 1 fully saturated rings. The summed E-state index contributed by atoms with van der Waals surface area (Å²) < 4.78 is 27.2. The number of likely N-dealkylation sites (tertiary alicyclic amines) is 1. The molecule has 0 bridgehead atoms. The number of halogens is 2. The molecule has 0 saturated carbocycles. The number of carbonyl (C=O) groups is 1. The van der Waals surface area contributed by atoms with Crippen LogP contribution in [0.5, 0.6) is 0 Å². The Kier molecular flexibility index (Phi) is 8.97. The molecule has 3 aromatic carbocycles. The first-order chi connectivity index (χ1) is 18.1. The maximum Gasteiger partial charge on any atom is 0.251 e. The van der Waals surface area contributed by atoms with Crippen LogP contribution in [0.2, 0.25) is 10.0 Å². The molecule has 0 aliphatic carbocycles. The van der Waals surface area contributed by atoms with Crippen LogP contribution < -0.4 is 9.62 Å². The van der Waals surface area contributed by atoms with E-state index in [4.69, 9.17) is 28.3 Å². The molecule has 1 amide bonds. The van der Waals surface area contributed by atoms with E-state index in [-0.39, 0.29) is 24.2 Å². The summed E-state index contributed by atoms with van der Waals surface area (Å²) in [6, 6.07) is 21.0. The summed E-state index contributed by atoms with van der Waals surface area (Å²) in [5.74, 6) is -0.478. The van der Waals surface area contributed by atoms with Crippen LogP contribution in [0.25, 0.3) is 0 Å². The number of sulfonamides is 1. The minimum atomic E-state index is -3.67. The minimum absolute atomic E-state index is 0.121. The van der Waals surface area contributed by atoms with Gasteiger partial charge in [-0.1, -0.05) is 53.5 Å². The molecule has 1 saturated heterocycles. The van der Waals surface area contributed by atoms with Gasteiger partial charge in [-0.3, -0.25) is 14.0 Å². The van der Waals surface area contributed by atoms with E-state index in [1.807, 2.05) is 48.5 Å². The molecule has 1 unspecified atom stereocenters. The van der Waals surface area contributed by atoms with Crippen LogP contribution in [0.1, 0.15) is 27.5 Å². The lowest BCUT2D eigenvalue weighted by Crippen LogP contribution is -2.61. The highest BCUT2D eigenvalue weighted by atomic mass is 35.5. The topological polar surface area (TPSA) is 110 Å². The Labute approximate surface area is 232 Å². The van der Waals surface area contributed by atoms with Gasteiger partial charge in [0.2, 0.25) is 10.0 Å². The molecule has 0 spiro atoms. The zero-order valence-electron chi connectivity index (χ0n) is 20.7. The Morgan fingerprint density at radius 3 is 2.08 bits per heavy atom. The number of benzene rings is 3. The zero-order chi connectivity index (χ0) is 27.4. The molecular weight excluding hydrogens is 549 g/mol. The van der Waals surface area contributed by atoms with Crippen molar-refractivity contribution in [1.29, 1.82) is 0 Å². The van der Waals surface area contributed by atoms with Crippen LogP contribution in [-0.2, 0) is 10.0 Å². The number of nitrogens with one attached hydrogen (secondary N) is 1. The third kappa shape index (κ3) is 6.66. The molecule has 1 heterocycles. The van der Waals surface area contributed by atoms with E-state index >= 15 is 0 Å². The van der Waals surface area contributed by atoms with E-state index in [2.05, 4.69) is 10.2 Å². The predicted octanol–water partition coefficient (Wildman–Crippen LogP) is 3.32. The van der Waals surface area contributed by atoms with Gasteiger partial charge >= 0.3 is 0 Å². The first kappa shape index (κ1) is 28.4. The van der Waals surface area contributed by atoms with E-state index in [9.17, 15) is 18.3 Å². The molecular formula is C27H29Cl2N3O5S. The second kappa shape index (κ2) is 12.0. The van der Waals surface area contributed by atoms with Gasteiger partial charge in [0, 0.05) is 35.2 Å². The molecule has 1 aliphatic heterocycles. The van der Waals surface area contributed by atoms with Crippen molar-refractivity contribution in [3.8, 4) is 0 Å². The molecule has 4 rings (SSSR count). The lowest BCUT2D eigenvalue weighted by atomic mass is 9.93. The SMILES string of the molecule is CS(=O)(=O)N(c1cccc(C(=O)NCC(O)CO)c1)C1CN(C(c2ccc(Cl)cc2)c2ccc(Cl)cc2)C1. The fourth-order valence-corrected chi connectivity index (χ4v) is 6.01. The zero-order valence-corrected chi connectivity index (χ0v) is 23.0. The van der Waals surface area contributed by atoms with Crippen molar-refractivity contribution in [3.05, 3.63) is 99.5 Å². The Hall–Kier alpha value is -2.66. The maximum absolute atomic E-state index is 12.9. The third-order valence-corrected chi connectivity index (χ3v) is 8.12. The Morgan fingerprint density at radius 2 is 1.58 bits per heavy atom. The lowest BCUT2D eigenvalue weighted by Gasteiger charge is -2.48. The Balaban J connectivity index is 1.57. The van der Waals surface area contributed by atoms with Crippen molar-refractivity contribution in [2.75, 3.05) is 36.8 Å². The van der Waals surface area contributed by atoms with Crippen LogP contribution >= 0.6 is 23.2 Å². The van der Waals surface area contributed by atoms with Crippen LogP contribution in [0, 0.1) is 0 Å². The van der Waals surface area contributed by atoms with E-state index in [0.29, 0.717) is 28.8 Å². The first-order valence-corrected chi connectivity index (χ1v) is 14.6. The number of nitrogens with zero attached hydrogens (tertiary/aromatic N) is 2. The standard InChI is InChI=1S/C27H29Cl2N3O5S/c1-38(36,37)32(23-4-2-3-20(13-23)27(35)30-14-25(34)17-33)24-15-31(16-24)26(18-5-9-21(28)10-6-18)19-7-11-22(29)12-8-19/h2-13,24-26,33-34H,14-17H2,1H3,(H,30,35). The third-order valence-electron chi connectivity index (χ3n) is 6.39. The Bertz CT molecular complexity index is 1320. The smallest absolute Gasteiger partial charge is 0.251 e. The van der Waals surface area contributed by atoms with Gasteiger partial charge in [-0.25, -0.2) is 8.42 Å². The first-order valence-electron chi connectivity index (χ1n) is 12.0. The van der Waals surface area contributed by atoms with Crippen LogP contribution in [-0.4, -0.2) is 74.1 Å². The summed E-state index contributed by atoms with van der Waals surface area (Å²) in [6.45, 7) is 0.321. The molecule has 3 aromatic rings. The number of amides is 1. The van der Waals surface area contributed by atoms with Crippen molar-refractivity contribution in [2.24, 2.45) is 0 Å². The van der Waals surface area contributed by atoms with Crippen molar-refractivity contribution in [2.45, 2.75) is 18.2 Å². The van der Waals surface area contributed by atoms with Crippen LogP contribution in [0.15, 0.2) is 72.8 Å².